The molecule has 1 aromatic carbocycles. The number of nitrogens with one attached hydrogen (secondary N) is 2. The van der Waals surface area contributed by atoms with E-state index < -0.39 is 21.6 Å². The van der Waals surface area contributed by atoms with Crippen LogP contribution in [0.4, 0.5) is 0 Å². The standard InChI is InChI=1S/C33H46N5O2Si2/c1-22(41(3,4)5)39-20-24-17-30(36-34-24)33(31-18-25(35-37-31)21-40-23(2)42(6,7)8)19-29-26-13-9-10-14-27(26)32(33)28-15-11-12-16-38(28)29/h9-18,22-23,29,32H,19-21H2,1-8H3,(H,34,36)(H,35,37)/q+1. The number of pyridine rings is 1. The highest BCUT2D eigenvalue weighted by atomic mass is 28.3. The Morgan fingerprint density at radius 1 is 0.810 bits per heavy atom. The summed E-state index contributed by atoms with van der Waals surface area (Å²) >= 11 is 0. The zero-order chi connectivity index (χ0) is 29.9. The number of fused-ring (bicyclic) bond motifs is 1. The summed E-state index contributed by atoms with van der Waals surface area (Å²) in [5.41, 5.74) is 8.19. The van der Waals surface area contributed by atoms with Gasteiger partial charge in [0.05, 0.1) is 63.5 Å². The monoisotopic (exact) mass is 600 g/mol. The van der Waals surface area contributed by atoms with Crippen LogP contribution in [0.5, 0.6) is 0 Å². The van der Waals surface area contributed by atoms with E-state index in [1.54, 1.807) is 0 Å². The maximum Gasteiger partial charge on any atom is 0.190 e. The molecule has 4 unspecified atom stereocenters. The van der Waals surface area contributed by atoms with Crippen molar-refractivity contribution in [1.29, 1.82) is 0 Å². The van der Waals surface area contributed by atoms with E-state index in [9.17, 15) is 0 Å². The van der Waals surface area contributed by atoms with Gasteiger partial charge in [-0.25, -0.2) is 0 Å². The van der Waals surface area contributed by atoms with Crippen LogP contribution in [0.3, 0.4) is 0 Å². The van der Waals surface area contributed by atoms with Crippen molar-refractivity contribution in [1.82, 2.24) is 20.4 Å². The van der Waals surface area contributed by atoms with Crippen molar-refractivity contribution in [2.24, 2.45) is 0 Å². The molecular formula is C33H46N5O2Si2+. The number of hydrogen-bond donors (Lipinski definition) is 2. The topological polar surface area (TPSA) is 79.7 Å². The number of aromatic nitrogens is 5. The van der Waals surface area contributed by atoms with Crippen molar-refractivity contribution in [3.05, 3.63) is 100 Å². The van der Waals surface area contributed by atoms with Crippen molar-refractivity contribution >= 4 is 16.1 Å². The maximum atomic E-state index is 6.34. The highest BCUT2D eigenvalue weighted by Gasteiger charge is 2.61. The zero-order valence-corrected chi connectivity index (χ0v) is 28.4. The summed E-state index contributed by atoms with van der Waals surface area (Å²) in [4.78, 5) is 0. The van der Waals surface area contributed by atoms with Gasteiger partial charge in [0.25, 0.3) is 0 Å². The summed E-state index contributed by atoms with van der Waals surface area (Å²) in [6.45, 7) is 19.5. The molecule has 4 aromatic rings. The third-order valence-electron chi connectivity index (χ3n) is 9.82. The second-order valence-corrected chi connectivity index (χ2v) is 25.6. The van der Waals surface area contributed by atoms with Gasteiger partial charge in [0.15, 0.2) is 17.9 Å². The number of aromatic amines is 2. The summed E-state index contributed by atoms with van der Waals surface area (Å²) in [5, 5.41) is 16.8. The SMILES string of the molecule is CC(OCc1cc(C2(c3cc(COC(C)[Si](C)(C)C)[nH]n3)CC3c4ccccc4C2c2cccc[n+]23)n[nH]1)[Si](C)(C)C. The third-order valence-corrected chi connectivity index (χ3v) is 15.0. The molecule has 7 rings (SSSR count). The summed E-state index contributed by atoms with van der Waals surface area (Å²) in [6, 6.07) is 20.1. The van der Waals surface area contributed by atoms with Crippen LogP contribution in [0.2, 0.25) is 39.3 Å². The molecule has 0 radical (unpaired) electrons. The molecule has 0 saturated heterocycles. The van der Waals surface area contributed by atoms with E-state index >= 15 is 0 Å². The van der Waals surface area contributed by atoms with Crippen LogP contribution in [-0.4, -0.2) is 48.0 Å². The summed E-state index contributed by atoms with van der Waals surface area (Å²) < 4.78 is 15.1. The normalized spacial score (nSPS) is 23.0. The van der Waals surface area contributed by atoms with Gasteiger partial charge in [-0.3, -0.25) is 10.2 Å². The van der Waals surface area contributed by atoms with Gasteiger partial charge < -0.3 is 9.47 Å². The fourth-order valence-electron chi connectivity index (χ4n) is 6.43. The molecular weight excluding hydrogens is 555 g/mol. The van der Waals surface area contributed by atoms with Gasteiger partial charge in [-0.2, -0.15) is 14.8 Å². The Balaban J connectivity index is 1.43. The zero-order valence-electron chi connectivity index (χ0n) is 26.4. The summed E-state index contributed by atoms with van der Waals surface area (Å²) in [5.74, 6) is 0.0656. The lowest BCUT2D eigenvalue weighted by molar-refractivity contribution is -0.732. The van der Waals surface area contributed by atoms with E-state index in [0.29, 0.717) is 13.2 Å². The largest absolute Gasteiger partial charge is 0.376 e. The van der Waals surface area contributed by atoms with Crippen LogP contribution in [0.1, 0.15) is 71.8 Å². The van der Waals surface area contributed by atoms with E-state index in [-0.39, 0.29) is 23.4 Å². The average molecular weight is 601 g/mol. The third kappa shape index (κ3) is 5.04. The molecule has 3 aromatic heterocycles. The first kappa shape index (κ1) is 29.2. The van der Waals surface area contributed by atoms with E-state index in [4.69, 9.17) is 19.7 Å². The fraction of sp³-hybridized carbons (Fsp3) is 0.485. The Hall–Kier alpha value is -2.86. The lowest BCUT2D eigenvalue weighted by Gasteiger charge is -2.47. The molecule has 9 heteroatoms. The molecule has 0 fully saturated rings. The maximum absolute atomic E-state index is 6.34. The van der Waals surface area contributed by atoms with Crippen molar-refractivity contribution < 1.29 is 14.0 Å². The van der Waals surface area contributed by atoms with Crippen LogP contribution in [0.25, 0.3) is 0 Å². The predicted molar refractivity (Wildman–Crippen MR) is 171 cm³/mol. The molecule has 0 amide bonds. The summed E-state index contributed by atoms with van der Waals surface area (Å²) in [6.07, 6.45) is 3.11. The van der Waals surface area contributed by atoms with Crippen LogP contribution in [-0.2, 0) is 28.1 Å². The molecule has 42 heavy (non-hydrogen) atoms. The molecule has 4 atom stereocenters. The lowest BCUT2D eigenvalue weighted by atomic mass is 9.55. The molecule has 7 nitrogen and oxygen atoms in total. The highest BCUT2D eigenvalue weighted by molar-refractivity contribution is 6.77. The number of ether oxygens (including phenoxy) is 2. The second-order valence-electron chi connectivity index (χ2n) is 14.5. The lowest BCUT2D eigenvalue weighted by Crippen LogP contribution is -2.60. The minimum absolute atomic E-state index is 0.0656. The molecule has 2 bridgehead atoms. The highest BCUT2D eigenvalue weighted by Crippen LogP contribution is 2.58. The van der Waals surface area contributed by atoms with E-state index in [0.717, 1.165) is 29.2 Å². The quantitative estimate of drug-likeness (QED) is 0.163. The number of rotatable bonds is 10. The van der Waals surface area contributed by atoms with Gasteiger partial charge in [-0.05, 0) is 31.5 Å². The molecule has 2 aliphatic heterocycles. The first-order chi connectivity index (χ1) is 19.9. The van der Waals surface area contributed by atoms with Gasteiger partial charge in [0.1, 0.15) is 0 Å². The number of nitrogens with zero attached hydrogens (tertiary/aromatic N) is 3. The molecule has 0 saturated carbocycles. The fourth-order valence-corrected chi connectivity index (χ4v) is 7.59. The van der Waals surface area contributed by atoms with Gasteiger partial charge >= 0.3 is 0 Å². The van der Waals surface area contributed by atoms with E-state index in [1.807, 2.05) is 0 Å². The van der Waals surface area contributed by atoms with Crippen molar-refractivity contribution in [2.75, 3.05) is 0 Å². The predicted octanol–water partition coefficient (Wildman–Crippen LogP) is 6.41. The van der Waals surface area contributed by atoms with Crippen LogP contribution >= 0.6 is 0 Å². The molecule has 1 aliphatic carbocycles. The van der Waals surface area contributed by atoms with Crippen molar-refractivity contribution in [3.63, 3.8) is 0 Å². The Bertz CT molecular complexity index is 1460. The van der Waals surface area contributed by atoms with Crippen molar-refractivity contribution in [2.45, 2.75) is 102 Å². The minimum atomic E-state index is -1.41. The summed E-state index contributed by atoms with van der Waals surface area (Å²) in [7, 11) is -2.81. The van der Waals surface area contributed by atoms with Crippen LogP contribution in [0.15, 0.2) is 60.8 Å². The Kier molecular flexibility index (Phi) is 7.44. The minimum Gasteiger partial charge on any atom is -0.376 e. The molecule has 2 N–H and O–H groups in total. The molecule has 5 heterocycles. The average Bonchev–Trinajstić information content (AvgIpc) is 3.64. The van der Waals surface area contributed by atoms with Crippen LogP contribution in [0, 0.1) is 0 Å². The van der Waals surface area contributed by atoms with Crippen LogP contribution < -0.4 is 4.57 Å². The molecule has 0 spiro atoms. The second kappa shape index (κ2) is 10.7. The Labute approximate surface area is 252 Å². The Morgan fingerprint density at radius 2 is 1.33 bits per heavy atom. The first-order valence-corrected chi connectivity index (χ1v) is 22.5. The smallest absolute Gasteiger partial charge is 0.190 e. The van der Waals surface area contributed by atoms with Gasteiger partial charge in [-0.1, -0.05) is 69.6 Å². The van der Waals surface area contributed by atoms with Gasteiger partial charge in [-0.15, -0.1) is 0 Å². The molecule has 222 valence electrons. The number of H-pyrrole nitrogens is 2. The molecule has 3 aliphatic rings. The van der Waals surface area contributed by atoms with Gasteiger partial charge in [0.2, 0.25) is 0 Å². The van der Waals surface area contributed by atoms with E-state index in [1.165, 1.54) is 16.8 Å². The van der Waals surface area contributed by atoms with E-state index in [2.05, 4.69) is 129 Å². The number of hydrogen-bond acceptors (Lipinski definition) is 4. The number of benzene rings is 1. The van der Waals surface area contributed by atoms with Gasteiger partial charge in [0, 0.05) is 35.6 Å². The van der Waals surface area contributed by atoms with Crippen molar-refractivity contribution in [3.8, 4) is 0 Å². The Morgan fingerprint density at radius 3 is 1.88 bits per heavy atom. The first-order valence-electron chi connectivity index (χ1n) is 15.3.